The van der Waals surface area contributed by atoms with E-state index in [2.05, 4.69) is 10.4 Å². The van der Waals surface area contributed by atoms with Crippen molar-refractivity contribution >= 4 is 5.91 Å². The molecule has 36 heavy (non-hydrogen) atoms. The molecular weight excluding hydrogens is 458 g/mol. The lowest BCUT2D eigenvalue weighted by molar-refractivity contribution is 0.0954. The van der Waals surface area contributed by atoms with Crippen LogP contribution in [0.3, 0.4) is 0 Å². The maximum Gasteiger partial charge on any atom is 0.271 e. The topological polar surface area (TPSA) is 91.7 Å². The van der Waals surface area contributed by atoms with Gasteiger partial charge in [-0.05, 0) is 60.0 Å². The molecule has 4 aromatic rings. The number of rotatable bonds is 10. The quantitative estimate of drug-likeness (QED) is 0.367. The number of carbonyl (C=O) groups excluding carboxylic acids is 1. The number of hydrogen-bond donors (Lipinski definition) is 1. The van der Waals surface area contributed by atoms with Gasteiger partial charge in [0.2, 0.25) is 5.88 Å². The van der Waals surface area contributed by atoms with Gasteiger partial charge in [-0.1, -0.05) is 30.3 Å². The largest absolute Gasteiger partial charge is 0.497 e. The first-order valence-electron chi connectivity index (χ1n) is 11.4. The van der Waals surface area contributed by atoms with Crippen LogP contribution < -0.4 is 25.1 Å². The van der Waals surface area contributed by atoms with E-state index in [1.54, 1.807) is 38.5 Å². The van der Waals surface area contributed by atoms with Crippen molar-refractivity contribution in [2.75, 3.05) is 20.8 Å². The summed E-state index contributed by atoms with van der Waals surface area (Å²) in [5, 5.41) is 7.22. The fraction of sp³-hybridized carbons (Fsp3) is 0.179. The first kappa shape index (κ1) is 24.5. The Morgan fingerprint density at radius 1 is 0.889 bits per heavy atom. The second-order valence-corrected chi connectivity index (χ2v) is 7.92. The number of hydrogen-bond acceptors (Lipinski definition) is 6. The Labute approximate surface area is 209 Å². The van der Waals surface area contributed by atoms with Crippen LogP contribution in [-0.4, -0.2) is 36.5 Å². The van der Waals surface area contributed by atoms with Gasteiger partial charge in [0.15, 0.2) is 0 Å². The van der Waals surface area contributed by atoms with Gasteiger partial charge in [-0.15, -0.1) is 5.10 Å². The highest BCUT2D eigenvalue weighted by molar-refractivity contribution is 5.94. The fourth-order valence-electron chi connectivity index (χ4n) is 3.61. The van der Waals surface area contributed by atoms with Gasteiger partial charge in [0, 0.05) is 24.2 Å². The smallest absolute Gasteiger partial charge is 0.271 e. The van der Waals surface area contributed by atoms with Crippen molar-refractivity contribution in [3.8, 4) is 23.1 Å². The number of nitrogens with one attached hydrogen (secondary N) is 1. The molecule has 1 aromatic heterocycles. The summed E-state index contributed by atoms with van der Waals surface area (Å²) in [7, 11) is 3.24. The van der Waals surface area contributed by atoms with Crippen molar-refractivity contribution in [3.63, 3.8) is 0 Å². The van der Waals surface area contributed by atoms with Gasteiger partial charge < -0.3 is 19.5 Å². The number of methoxy groups -OCH3 is 2. The molecule has 0 aliphatic carbocycles. The molecule has 0 unspecified atom stereocenters. The highest BCUT2D eigenvalue weighted by Gasteiger charge is 2.09. The average molecular weight is 486 g/mol. The molecule has 0 aliphatic heterocycles. The van der Waals surface area contributed by atoms with Crippen LogP contribution >= 0.6 is 0 Å². The van der Waals surface area contributed by atoms with E-state index >= 15 is 0 Å². The third kappa shape index (κ3) is 6.09. The molecule has 1 amide bonds. The van der Waals surface area contributed by atoms with Crippen molar-refractivity contribution < 1.29 is 19.0 Å². The summed E-state index contributed by atoms with van der Waals surface area (Å²) < 4.78 is 17.5. The normalized spacial score (nSPS) is 10.5. The molecule has 1 N–H and O–H groups in total. The van der Waals surface area contributed by atoms with E-state index in [0.29, 0.717) is 36.7 Å². The van der Waals surface area contributed by atoms with Crippen LogP contribution in [0.15, 0.2) is 89.7 Å². The van der Waals surface area contributed by atoms with Crippen LogP contribution in [0.5, 0.6) is 17.4 Å². The van der Waals surface area contributed by atoms with Crippen molar-refractivity contribution in [3.05, 3.63) is 112 Å². The summed E-state index contributed by atoms with van der Waals surface area (Å²) in [6.07, 6.45) is 0.649. The monoisotopic (exact) mass is 485 g/mol. The second-order valence-electron chi connectivity index (χ2n) is 7.92. The van der Waals surface area contributed by atoms with Crippen molar-refractivity contribution in [2.45, 2.75) is 13.0 Å². The summed E-state index contributed by atoms with van der Waals surface area (Å²) in [4.78, 5) is 25.0. The Morgan fingerprint density at radius 2 is 1.64 bits per heavy atom. The molecule has 3 aromatic carbocycles. The highest BCUT2D eigenvalue weighted by atomic mass is 16.5. The third-order valence-electron chi connectivity index (χ3n) is 5.57. The average Bonchev–Trinajstić information content (AvgIpc) is 2.93. The number of ether oxygens (including phenoxy) is 3. The molecule has 0 atom stereocenters. The summed E-state index contributed by atoms with van der Waals surface area (Å²) >= 11 is 0. The number of amides is 1. The molecule has 0 spiro atoms. The van der Waals surface area contributed by atoms with E-state index in [0.717, 1.165) is 22.6 Å². The van der Waals surface area contributed by atoms with Crippen molar-refractivity contribution in [2.24, 2.45) is 0 Å². The van der Waals surface area contributed by atoms with E-state index < -0.39 is 0 Å². The minimum Gasteiger partial charge on any atom is -0.497 e. The zero-order valence-corrected chi connectivity index (χ0v) is 20.1. The molecule has 8 heteroatoms. The van der Waals surface area contributed by atoms with Gasteiger partial charge in [0.25, 0.3) is 11.5 Å². The van der Waals surface area contributed by atoms with Gasteiger partial charge >= 0.3 is 0 Å². The zero-order chi connectivity index (χ0) is 25.3. The Morgan fingerprint density at radius 3 is 2.36 bits per heavy atom. The van der Waals surface area contributed by atoms with E-state index in [1.807, 2.05) is 48.5 Å². The predicted octanol–water partition coefficient (Wildman–Crippen LogP) is 3.80. The molecule has 0 bridgehead atoms. The Balaban J connectivity index is 1.37. The maximum atomic E-state index is 12.6. The van der Waals surface area contributed by atoms with Crippen molar-refractivity contribution in [1.82, 2.24) is 15.1 Å². The van der Waals surface area contributed by atoms with Crippen LogP contribution in [0.2, 0.25) is 0 Å². The van der Waals surface area contributed by atoms with Crippen LogP contribution in [-0.2, 0) is 13.0 Å². The summed E-state index contributed by atoms with van der Waals surface area (Å²) in [6, 6.07) is 24.8. The second kappa shape index (κ2) is 11.7. The van der Waals surface area contributed by atoms with Gasteiger partial charge in [-0.25, -0.2) is 0 Å². The van der Waals surface area contributed by atoms with Crippen LogP contribution in [0, 0.1) is 0 Å². The Hall–Kier alpha value is -4.59. The first-order chi connectivity index (χ1) is 17.6. The van der Waals surface area contributed by atoms with Gasteiger partial charge in [-0.2, -0.15) is 4.68 Å². The van der Waals surface area contributed by atoms with E-state index in [9.17, 15) is 9.59 Å². The SMILES string of the molecule is COc1ccc(COc2ccc(=O)n(-c3ccc(C(=O)NCCc4ccccc4OC)cc3)n2)cc1. The molecule has 4 rings (SSSR count). The summed E-state index contributed by atoms with van der Waals surface area (Å²) in [5.74, 6) is 1.67. The molecule has 0 fully saturated rings. The van der Waals surface area contributed by atoms with Gasteiger partial charge in [0.05, 0.1) is 19.9 Å². The van der Waals surface area contributed by atoms with Gasteiger partial charge in [0.1, 0.15) is 18.1 Å². The van der Waals surface area contributed by atoms with E-state index in [-0.39, 0.29) is 11.5 Å². The van der Waals surface area contributed by atoms with Crippen molar-refractivity contribution in [1.29, 1.82) is 0 Å². The first-order valence-corrected chi connectivity index (χ1v) is 11.4. The molecule has 0 radical (unpaired) electrons. The Bertz CT molecular complexity index is 1370. The minimum atomic E-state index is -0.305. The number of benzene rings is 3. The number of carbonyl (C=O) groups is 1. The van der Waals surface area contributed by atoms with E-state index in [4.69, 9.17) is 14.2 Å². The summed E-state index contributed by atoms with van der Waals surface area (Å²) in [6.45, 7) is 0.763. The predicted molar refractivity (Wildman–Crippen MR) is 136 cm³/mol. The molecule has 0 aliphatic rings. The third-order valence-corrected chi connectivity index (χ3v) is 5.57. The lowest BCUT2D eigenvalue weighted by Gasteiger charge is -2.10. The van der Waals surface area contributed by atoms with E-state index in [1.165, 1.54) is 16.8 Å². The lowest BCUT2D eigenvalue weighted by atomic mass is 10.1. The lowest BCUT2D eigenvalue weighted by Crippen LogP contribution is -2.26. The number of nitrogens with zero attached hydrogens (tertiary/aromatic N) is 2. The highest BCUT2D eigenvalue weighted by Crippen LogP contribution is 2.17. The molecule has 8 nitrogen and oxygen atoms in total. The summed E-state index contributed by atoms with van der Waals surface area (Å²) in [5.41, 5.74) is 2.67. The standard InChI is InChI=1S/C28H27N3O5/c1-34-24-13-7-20(8-14-24)19-36-26-15-16-27(32)31(30-26)23-11-9-22(10-12-23)28(33)29-18-17-21-5-3-4-6-25(21)35-2/h3-16H,17-19H2,1-2H3,(H,29,33). The maximum absolute atomic E-state index is 12.6. The molecule has 184 valence electrons. The van der Waals surface area contributed by atoms with Crippen LogP contribution in [0.4, 0.5) is 0 Å². The molecular formula is C28H27N3O5. The van der Waals surface area contributed by atoms with Gasteiger partial charge in [-0.3, -0.25) is 9.59 Å². The van der Waals surface area contributed by atoms with Crippen LogP contribution in [0.25, 0.3) is 5.69 Å². The van der Waals surface area contributed by atoms with Crippen LogP contribution in [0.1, 0.15) is 21.5 Å². The molecule has 0 saturated carbocycles. The zero-order valence-electron chi connectivity index (χ0n) is 20.1. The molecule has 1 heterocycles. The Kier molecular flexibility index (Phi) is 7.97. The fourth-order valence-corrected chi connectivity index (χ4v) is 3.61. The molecule has 0 saturated heterocycles. The number of aromatic nitrogens is 2. The minimum absolute atomic E-state index is 0.201. The number of para-hydroxylation sites is 1.